The lowest BCUT2D eigenvalue weighted by molar-refractivity contribution is -0.0789. The molecule has 1 saturated heterocycles. The molecule has 0 unspecified atom stereocenters. The molecule has 1 aliphatic carbocycles. The predicted octanol–water partition coefficient (Wildman–Crippen LogP) is 2.88. The van der Waals surface area contributed by atoms with Crippen molar-refractivity contribution < 1.29 is 4.74 Å². The lowest BCUT2D eigenvalue weighted by Gasteiger charge is -2.48. The normalized spacial score (nSPS) is 23.8. The summed E-state index contributed by atoms with van der Waals surface area (Å²) in [5, 5.41) is 0. The summed E-state index contributed by atoms with van der Waals surface area (Å²) < 4.78 is 5.53. The van der Waals surface area contributed by atoms with Gasteiger partial charge in [0.15, 0.2) is 0 Å². The minimum atomic E-state index is -0.00832. The van der Waals surface area contributed by atoms with Crippen molar-refractivity contribution in [1.29, 1.82) is 0 Å². The van der Waals surface area contributed by atoms with Gasteiger partial charge in [-0.3, -0.25) is 0 Å². The molecule has 0 atom stereocenters. The Kier molecular flexibility index (Phi) is 2.58. The Morgan fingerprint density at radius 2 is 1.89 bits per heavy atom. The summed E-state index contributed by atoms with van der Waals surface area (Å²) in [5.41, 5.74) is 10.8. The summed E-state index contributed by atoms with van der Waals surface area (Å²) in [6, 6.07) is 6.86. The molecule has 2 nitrogen and oxygen atoms in total. The molecule has 2 aliphatic rings. The summed E-state index contributed by atoms with van der Waals surface area (Å²) in [7, 11) is 0. The Bertz CT molecular complexity index is 470. The Morgan fingerprint density at radius 3 is 2.33 bits per heavy atom. The van der Waals surface area contributed by atoms with Gasteiger partial charge >= 0.3 is 0 Å². The van der Waals surface area contributed by atoms with Crippen LogP contribution in [0.25, 0.3) is 0 Å². The van der Waals surface area contributed by atoms with E-state index < -0.39 is 0 Å². The molecule has 1 aromatic carbocycles. The van der Waals surface area contributed by atoms with E-state index in [9.17, 15) is 0 Å². The molecular weight excluding hydrogens is 222 g/mol. The van der Waals surface area contributed by atoms with Crippen LogP contribution in [0.4, 0.5) is 0 Å². The van der Waals surface area contributed by atoms with Gasteiger partial charge in [0.05, 0.1) is 18.6 Å². The van der Waals surface area contributed by atoms with Gasteiger partial charge in [0.1, 0.15) is 0 Å². The Balaban J connectivity index is 2.07. The van der Waals surface area contributed by atoms with Gasteiger partial charge in [-0.15, -0.1) is 0 Å². The van der Waals surface area contributed by atoms with E-state index in [-0.39, 0.29) is 11.0 Å². The van der Waals surface area contributed by atoms with Crippen molar-refractivity contribution in [2.75, 3.05) is 13.2 Å². The lowest BCUT2D eigenvalue weighted by atomic mass is 9.68. The van der Waals surface area contributed by atoms with Crippen LogP contribution in [0, 0.1) is 6.92 Å². The van der Waals surface area contributed by atoms with Crippen LogP contribution in [0.2, 0.25) is 0 Å². The van der Waals surface area contributed by atoms with Crippen LogP contribution in [0.15, 0.2) is 18.2 Å². The summed E-state index contributed by atoms with van der Waals surface area (Å²) >= 11 is 0. The molecule has 1 aliphatic heterocycles. The molecular formula is C16H23NO. The van der Waals surface area contributed by atoms with E-state index in [4.69, 9.17) is 10.5 Å². The molecule has 18 heavy (non-hydrogen) atoms. The average molecular weight is 245 g/mol. The summed E-state index contributed by atoms with van der Waals surface area (Å²) in [4.78, 5) is 0. The molecule has 0 spiro atoms. The van der Waals surface area contributed by atoms with Crippen molar-refractivity contribution in [2.45, 2.75) is 50.5 Å². The second-order valence-electron chi connectivity index (χ2n) is 6.46. The number of ether oxygens (including phenoxy) is 1. The zero-order valence-electron chi connectivity index (χ0n) is 11.6. The van der Waals surface area contributed by atoms with Gasteiger partial charge in [-0.1, -0.05) is 32.0 Å². The highest BCUT2D eigenvalue weighted by atomic mass is 16.5. The first-order valence-corrected chi connectivity index (χ1v) is 6.96. The summed E-state index contributed by atoms with van der Waals surface area (Å²) in [6.07, 6.45) is 2.28. The van der Waals surface area contributed by atoms with Crippen LogP contribution in [0.3, 0.4) is 0 Å². The zero-order valence-corrected chi connectivity index (χ0v) is 11.6. The maximum Gasteiger partial charge on any atom is 0.0603 e. The highest BCUT2D eigenvalue weighted by molar-refractivity contribution is 5.44. The highest BCUT2D eigenvalue weighted by Gasteiger charge is 2.61. The monoisotopic (exact) mass is 245 g/mol. The fraction of sp³-hybridized carbons (Fsp3) is 0.625. The van der Waals surface area contributed by atoms with Crippen molar-refractivity contribution in [1.82, 2.24) is 0 Å². The SMILES string of the molecule is Cc1ccc(C(C)C)cc1C1(C2(N)CC2)COC1. The van der Waals surface area contributed by atoms with Gasteiger partial charge in [0.25, 0.3) is 0 Å². The van der Waals surface area contributed by atoms with Crippen LogP contribution < -0.4 is 5.73 Å². The molecule has 1 aromatic rings. The quantitative estimate of drug-likeness (QED) is 0.888. The number of hydrogen-bond donors (Lipinski definition) is 1. The highest BCUT2D eigenvalue weighted by Crippen LogP contribution is 2.54. The van der Waals surface area contributed by atoms with Crippen molar-refractivity contribution in [3.8, 4) is 0 Å². The predicted molar refractivity (Wildman–Crippen MR) is 73.9 cm³/mol. The van der Waals surface area contributed by atoms with Crippen molar-refractivity contribution in [3.63, 3.8) is 0 Å². The second kappa shape index (κ2) is 3.82. The number of hydrogen-bond acceptors (Lipinski definition) is 2. The zero-order chi connectivity index (χ0) is 13.0. The minimum absolute atomic E-state index is 0.00832. The third-order valence-corrected chi connectivity index (χ3v) is 4.88. The fourth-order valence-electron chi connectivity index (χ4n) is 3.14. The topological polar surface area (TPSA) is 35.2 Å². The maximum absolute atomic E-state index is 6.53. The molecule has 0 aromatic heterocycles. The van der Waals surface area contributed by atoms with E-state index in [0.717, 1.165) is 26.1 Å². The average Bonchev–Trinajstić information content (AvgIpc) is 2.98. The minimum Gasteiger partial charge on any atom is -0.379 e. The number of benzene rings is 1. The molecule has 3 rings (SSSR count). The van der Waals surface area contributed by atoms with E-state index in [1.54, 1.807) is 0 Å². The molecule has 2 heteroatoms. The smallest absolute Gasteiger partial charge is 0.0603 e. The maximum atomic E-state index is 6.53. The lowest BCUT2D eigenvalue weighted by Crippen LogP contribution is -2.61. The van der Waals surface area contributed by atoms with Gasteiger partial charge < -0.3 is 10.5 Å². The van der Waals surface area contributed by atoms with Crippen LogP contribution >= 0.6 is 0 Å². The number of aryl methyl sites for hydroxylation is 1. The first kappa shape index (κ1) is 12.2. The third kappa shape index (κ3) is 1.55. The van der Waals surface area contributed by atoms with Gasteiger partial charge in [0, 0.05) is 5.54 Å². The van der Waals surface area contributed by atoms with Gasteiger partial charge in [-0.05, 0) is 42.4 Å². The third-order valence-electron chi connectivity index (χ3n) is 4.88. The Hall–Kier alpha value is -0.860. The van der Waals surface area contributed by atoms with Crippen molar-refractivity contribution in [2.24, 2.45) is 5.73 Å². The molecule has 0 amide bonds. The second-order valence-corrected chi connectivity index (χ2v) is 6.46. The van der Waals surface area contributed by atoms with Gasteiger partial charge in [-0.25, -0.2) is 0 Å². The molecule has 98 valence electrons. The Morgan fingerprint density at radius 1 is 1.22 bits per heavy atom. The largest absolute Gasteiger partial charge is 0.379 e. The van der Waals surface area contributed by atoms with Crippen LogP contribution in [0.1, 0.15) is 49.3 Å². The van der Waals surface area contributed by atoms with Crippen LogP contribution in [-0.4, -0.2) is 18.8 Å². The number of nitrogens with two attached hydrogens (primary N) is 1. The standard InChI is InChI=1S/C16H23NO/c1-11(2)13-5-4-12(3)14(8-13)15(9-18-10-15)16(17)6-7-16/h4-5,8,11H,6-7,9-10,17H2,1-3H3. The van der Waals surface area contributed by atoms with Crippen LogP contribution in [-0.2, 0) is 10.2 Å². The first-order valence-electron chi connectivity index (χ1n) is 6.96. The van der Waals surface area contributed by atoms with Crippen molar-refractivity contribution in [3.05, 3.63) is 34.9 Å². The first-order chi connectivity index (χ1) is 8.48. The summed E-state index contributed by atoms with van der Waals surface area (Å²) in [5.74, 6) is 0.565. The van der Waals surface area contributed by atoms with E-state index in [0.29, 0.717) is 5.92 Å². The molecule has 0 bridgehead atoms. The van der Waals surface area contributed by atoms with E-state index >= 15 is 0 Å². The molecule has 1 saturated carbocycles. The molecule has 2 N–H and O–H groups in total. The Labute approximate surface area is 110 Å². The number of rotatable bonds is 3. The molecule has 0 radical (unpaired) electrons. The van der Waals surface area contributed by atoms with Crippen molar-refractivity contribution >= 4 is 0 Å². The van der Waals surface area contributed by atoms with E-state index in [1.807, 2.05) is 0 Å². The van der Waals surface area contributed by atoms with Crippen LogP contribution in [0.5, 0.6) is 0 Å². The summed E-state index contributed by atoms with van der Waals surface area (Å²) in [6.45, 7) is 8.28. The molecule has 2 fully saturated rings. The van der Waals surface area contributed by atoms with Gasteiger partial charge in [-0.2, -0.15) is 0 Å². The fourth-order valence-corrected chi connectivity index (χ4v) is 3.14. The van der Waals surface area contributed by atoms with Gasteiger partial charge in [0.2, 0.25) is 0 Å². The molecule has 1 heterocycles. The van der Waals surface area contributed by atoms with E-state index in [1.165, 1.54) is 16.7 Å². The van der Waals surface area contributed by atoms with E-state index in [2.05, 4.69) is 39.0 Å².